The number of carbonyl (C=O) groups excluding carboxylic acids is 1. The van der Waals surface area contributed by atoms with E-state index in [-0.39, 0.29) is 29.2 Å². The zero-order valence-corrected chi connectivity index (χ0v) is 15.7. The fraction of sp³-hybridized carbons (Fsp3) is 0.174. The molecule has 6 nitrogen and oxygen atoms in total. The highest BCUT2D eigenvalue weighted by molar-refractivity contribution is 5.89. The standard InChI is InChI=1S/C23H20N2O4/c26-23(18-9-5-2-6-10-18)29-16-21-14-19-13-20(25(27)28)11-12-22(19)24(21)15-17-7-3-1-4-8-17/h1-13,21H,14-16H2. The molecule has 0 N–H and O–H groups in total. The van der Waals surface area contributed by atoms with Crippen LogP contribution in [0.4, 0.5) is 11.4 Å². The van der Waals surface area contributed by atoms with Gasteiger partial charge in [0.05, 0.1) is 16.5 Å². The van der Waals surface area contributed by atoms with Gasteiger partial charge in [0.15, 0.2) is 0 Å². The van der Waals surface area contributed by atoms with Crippen molar-refractivity contribution in [3.05, 3.63) is 106 Å². The van der Waals surface area contributed by atoms with Gasteiger partial charge < -0.3 is 9.64 Å². The summed E-state index contributed by atoms with van der Waals surface area (Å²) in [6.45, 7) is 0.849. The molecule has 0 aliphatic carbocycles. The molecule has 1 aliphatic rings. The molecule has 6 heteroatoms. The Hall–Kier alpha value is -3.67. The number of ether oxygens (including phenoxy) is 1. The number of anilines is 1. The van der Waals surface area contributed by atoms with Crippen LogP contribution in [0, 0.1) is 10.1 Å². The first-order valence-corrected chi connectivity index (χ1v) is 9.42. The van der Waals surface area contributed by atoms with Crippen molar-refractivity contribution in [2.45, 2.75) is 19.0 Å². The summed E-state index contributed by atoms with van der Waals surface area (Å²) in [5.41, 5.74) is 3.55. The van der Waals surface area contributed by atoms with Gasteiger partial charge in [-0.25, -0.2) is 4.79 Å². The van der Waals surface area contributed by atoms with Crippen LogP contribution in [0.15, 0.2) is 78.9 Å². The van der Waals surface area contributed by atoms with Gasteiger partial charge in [0, 0.05) is 24.4 Å². The Kier molecular flexibility index (Phi) is 5.24. The Morgan fingerprint density at radius 3 is 2.41 bits per heavy atom. The topological polar surface area (TPSA) is 72.7 Å². The molecule has 0 bridgehead atoms. The number of non-ortho nitro benzene ring substituents is 1. The molecule has 1 unspecified atom stereocenters. The van der Waals surface area contributed by atoms with Crippen molar-refractivity contribution in [3.63, 3.8) is 0 Å². The maximum Gasteiger partial charge on any atom is 0.338 e. The van der Waals surface area contributed by atoms with E-state index < -0.39 is 0 Å². The minimum absolute atomic E-state index is 0.0744. The fourth-order valence-corrected chi connectivity index (χ4v) is 3.66. The average molecular weight is 388 g/mol. The van der Waals surface area contributed by atoms with E-state index in [4.69, 9.17) is 4.74 Å². The first-order chi connectivity index (χ1) is 14.1. The molecule has 1 atom stereocenters. The lowest BCUT2D eigenvalue weighted by molar-refractivity contribution is -0.384. The molecule has 1 heterocycles. The van der Waals surface area contributed by atoms with E-state index in [0.29, 0.717) is 18.5 Å². The SMILES string of the molecule is O=C(OCC1Cc2cc([N+](=O)[O-])ccc2N1Cc1ccccc1)c1ccccc1. The van der Waals surface area contributed by atoms with Crippen molar-refractivity contribution >= 4 is 17.3 Å². The molecule has 0 saturated heterocycles. The van der Waals surface area contributed by atoms with Gasteiger partial charge in [-0.15, -0.1) is 0 Å². The van der Waals surface area contributed by atoms with Crippen LogP contribution in [0.3, 0.4) is 0 Å². The predicted molar refractivity (Wildman–Crippen MR) is 110 cm³/mol. The van der Waals surface area contributed by atoms with E-state index in [2.05, 4.69) is 4.90 Å². The average Bonchev–Trinajstić information content (AvgIpc) is 3.10. The summed E-state index contributed by atoms with van der Waals surface area (Å²) in [5.74, 6) is -0.368. The molecule has 146 valence electrons. The number of fused-ring (bicyclic) bond motifs is 1. The lowest BCUT2D eigenvalue weighted by atomic mass is 10.1. The molecule has 3 aromatic rings. The maximum atomic E-state index is 12.4. The smallest absolute Gasteiger partial charge is 0.338 e. The molecule has 0 radical (unpaired) electrons. The van der Waals surface area contributed by atoms with Crippen molar-refractivity contribution in [2.75, 3.05) is 11.5 Å². The number of nitro groups is 1. The largest absolute Gasteiger partial charge is 0.460 e. The van der Waals surface area contributed by atoms with Gasteiger partial charge in [-0.05, 0) is 35.7 Å². The minimum Gasteiger partial charge on any atom is -0.460 e. The van der Waals surface area contributed by atoms with Gasteiger partial charge in [-0.3, -0.25) is 10.1 Å². The molecule has 1 aliphatic heterocycles. The molecule has 0 amide bonds. The number of nitro benzene ring substituents is 1. The van der Waals surface area contributed by atoms with E-state index in [1.807, 2.05) is 36.4 Å². The molecule has 4 rings (SSSR count). The van der Waals surface area contributed by atoms with E-state index in [1.54, 1.807) is 36.4 Å². The van der Waals surface area contributed by atoms with E-state index in [0.717, 1.165) is 16.8 Å². The number of benzene rings is 3. The van der Waals surface area contributed by atoms with Gasteiger partial charge in [0.2, 0.25) is 0 Å². The van der Waals surface area contributed by atoms with Crippen LogP contribution < -0.4 is 4.90 Å². The van der Waals surface area contributed by atoms with E-state index in [9.17, 15) is 14.9 Å². The summed E-state index contributed by atoms with van der Waals surface area (Å²) in [4.78, 5) is 25.3. The van der Waals surface area contributed by atoms with Crippen LogP contribution in [0.1, 0.15) is 21.5 Å². The second kappa shape index (κ2) is 8.14. The lowest BCUT2D eigenvalue weighted by Crippen LogP contribution is -2.36. The Morgan fingerprint density at radius 1 is 1.03 bits per heavy atom. The monoisotopic (exact) mass is 388 g/mol. The highest BCUT2D eigenvalue weighted by Crippen LogP contribution is 2.36. The van der Waals surface area contributed by atoms with Gasteiger partial charge in [-0.1, -0.05) is 48.5 Å². The Balaban J connectivity index is 1.55. The third-order valence-corrected chi connectivity index (χ3v) is 5.09. The number of nitrogens with zero attached hydrogens (tertiary/aromatic N) is 2. The fourth-order valence-electron chi connectivity index (χ4n) is 3.66. The van der Waals surface area contributed by atoms with Crippen molar-refractivity contribution < 1.29 is 14.5 Å². The normalized spacial score (nSPS) is 15.0. The molecule has 0 fully saturated rings. The van der Waals surface area contributed by atoms with Crippen molar-refractivity contribution in [1.82, 2.24) is 0 Å². The van der Waals surface area contributed by atoms with Gasteiger partial charge in [0.1, 0.15) is 6.61 Å². The molecular formula is C23H20N2O4. The van der Waals surface area contributed by atoms with Crippen LogP contribution in [-0.2, 0) is 17.7 Å². The Labute approximate surface area is 168 Å². The molecule has 0 saturated carbocycles. The number of hydrogen-bond acceptors (Lipinski definition) is 5. The first-order valence-electron chi connectivity index (χ1n) is 9.42. The Morgan fingerprint density at radius 2 is 1.72 bits per heavy atom. The molecule has 0 spiro atoms. The summed E-state index contributed by atoms with van der Waals surface area (Å²) >= 11 is 0. The second-order valence-corrected chi connectivity index (χ2v) is 7.01. The maximum absolute atomic E-state index is 12.4. The zero-order chi connectivity index (χ0) is 20.2. The van der Waals surface area contributed by atoms with Crippen LogP contribution in [-0.4, -0.2) is 23.5 Å². The minimum atomic E-state index is -0.384. The van der Waals surface area contributed by atoms with Gasteiger partial charge in [-0.2, -0.15) is 0 Å². The van der Waals surface area contributed by atoms with E-state index >= 15 is 0 Å². The van der Waals surface area contributed by atoms with Crippen LogP contribution in [0.2, 0.25) is 0 Å². The van der Waals surface area contributed by atoms with Crippen LogP contribution >= 0.6 is 0 Å². The third-order valence-electron chi connectivity index (χ3n) is 5.09. The first kappa shape index (κ1) is 18.7. The van der Waals surface area contributed by atoms with Crippen LogP contribution in [0.25, 0.3) is 0 Å². The van der Waals surface area contributed by atoms with Crippen molar-refractivity contribution in [3.8, 4) is 0 Å². The number of rotatable bonds is 6. The molecular weight excluding hydrogens is 368 g/mol. The summed E-state index contributed by atoms with van der Waals surface area (Å²) in [6.07, 6.45) is 0.589. The summed E-state index contributed by atoms with van der Waals surface area (Å²) in [5, 5.41) is 11.1. The highest BCUT2D eigenvalue weighted by Gasteiger charge is 2.31. The number of hydrogen-bond donors (Lipinski definition) is 0. The van der Waals surface area contributed by atoms with Gasteiger partial charge in [0.25, 0.3) is 5.69 Å². The van der Waals surface area contributed by atoms with Crippen molar-refractivity contribution in [2.24, 2.45) is 0 Å². The molecule has 3 aromatic carbocycles. The molecule has 0 aromatic heterocycles. The quantitative estimate of drug-likeness (QED) is 0.356. The summed E-state index contributed by atoms with van der Waals surface area (Å²) < 4.78 is 5.57. The highest BCUT2D eigenvalue weighted by atomic mass is 16.6. The lowest BCUT2D eigenvalue weighted by Gasteiger charge is -2.27. The molecule has 29 heavy (non-hydrogen) atoms. The van der Waals surface area contributed by atoms with Gasteiger partial charge >= 0.3 is 5.97 Å². The predicted octanol–water partition coefficient (Wildman–Crippen LogP) is 4.38. The third kappa shape index (κ3) is 4.11. The summed E-state index contributed by atoms with van der Waals surface area (Å²) in [7, 11) is 0. The van der Waals surface area contributed by atoms with Crippen LogP contribution in [0.5, 0.6) is 0 Å². The number of esters is 1. The van der Waals surface area contributed by atoms with E-state index in [1.165, 1.54) is 6.07 Å². The zero-order valence-electron chi connectivity index (χ0n) is 15.7. The Bertz CT molecular complexity index is 1020. The second-order valence-electron chi connectivity index (χ2n) is 7.01. The summed E-state index contributed by atoms with van der Waals surface area (Å²) in [6, 6.07) is 23.7. The van der Waals surface area contributed by atoms with Crippen molar-refractivity contribution in [1.29, 1.82) is 0 Å². The number of carbonyl (C=O) groups is 1.